The van der Waals surface area contributed by atoms with Gasteiger partial charge in [0.1, 0.15) is 0 Å². The molecule has 0 aliphatic carbocycles. The summed E-state index contributed by atoms with van der Waals surface area (Å²) in [4.78, 5) is 3.33. The second-order valence-corrected chi connectivity index (χ2v) is 5.27. The summed E-state index contributed by atoms with van der Waals surface area (Å²) in [5.74, 6) is 0.709. The van der Waals surface area contributed by atoms with E-state index in [1.807, 2.05) is 0 Å². The van der Waals surface area contributed by atoms with Crippen molar-refractivity contribution < 1.29 is 0 Å². The van der Waals surface area contributed by atoms with Crippen LogP contribution in [-0.2, 0) is 6.42 Å². The highest BCUT2D eigenvalue weighted by Crippen LogP contribution is 2.18. The molecule has 0 bridgehead atoms. The van der Waals surface area contributed by atoms with Crippen molar-refractivity contribution in [2.45, 2.75) is 33.2 Å². The highest BCUT2D eigenvalue weighted by atomic mass is 14.9. The van der Waals surface area contributed by atoms with E-state index in [4.69, 9.17) is 0 Å². The van der Waals surface area contributed by atoms with Gasteiger partial charge in [-0.05, 0) is 37.4 Å². The van der Waals surface area contributed by atoms with E-state index in [0.717, 1.165) is 13.0 Å². The van der Waals surface area contributed by atoms with Crippen LogP contribution < -0.4 is 5.32 Å². The molecule has 0 aliphatic rings. The molecule has 1 aromatic heterocycles. The Morgan fingerprint density at radius 1 is 1.18 bits per heavy atom. The van der Waals surface area contributed by atoms with Crippen molar-refractivity contribution in [1.29, 1.82) is 0 Å². The maximum Gasteiger partial charge on any atom is 0.0456 e. The minimum absolute atomic E-state index is 0.525. The Kier molecular flexibility index (Phi) is 3.85. The molecule has 1 unspecified atom stereocenters. The molecule has 0 spiro atoms. The number of nitrogens with one attached hydrogen (secondary N) is 2. The molecule has 2 N–H and O–H groups in total. The fourth-order valence-corrected chi connectivity index (χ4v) is 2.14. The zero-order valence-electron chi connectivity index (χ0n) is 11.0. The molecule has 1 aromatic carbocycles. The minimum atomic E-state index is 0.525. The van der Waals surface area contributed by atoms with Crippen LogP contribution in [0.3, 0.4) is 0 Å². The van der Waals surface area contributed by atoms with Crippen LogP contribution in [0.15, 0.2) is 30.5 Å². The number of fused-ring (bicyclic) bond motifs is 1. The Hall–Kier alpha value is -1.28. The monoisotopic (exact) mass is 230 g/mol. The maximum absolute atomic E-state index is 3.57. The van der Waals surface area contributed by atoms with E-state index in [1.54, 1.807) is 0 Å². The van der Waals surface area contributed by atoms with Crippen LogP contribution in [0.25, 0.3) is 10.9 Å². The van der Waals surface area contributed by atoms with Crippen LogP contribution >= 0.6 is 0 Å². The molecule has 0 radical (unpaired) electrons. The third-order valence-corrected chi connectivity index (χ3v) is 3.08. The van der Waals surface area contributed by atoms with Gasteiger partial charge in [-0.15, -0.1) is 0 Å². The first-order chi connectivity index (χ1) is 8.16. The van der Waals surface area contributed by atoms with Crippen LogP contribution in [0, 0.1) is 5.92 Å². The van der Waals surface area contributed by atoms with Crippen molar-refractivity contribution in [3.05, 3.63) is 36.0 Å². The normalized spacial score (nSPS) is 13.4. The van der Waals surface area contributed by atoms with E-state index < -0.39 is 0 Å². The summed E-state index contributed by atoms with van der Waals surface area (Å²) in [6, 6.07) is 9.02. The van der Waals surface area contributed by atoms with E-state index in [0.29, 0.717) is 12.0 Å². The Labute approximate surface area is 103 Å². The molecule has 2 rings (SSSR count). The van der Waals surface area contributed by atoms with Gasteiger partial charge in [-0.25, -0.2) is 0 Å². The van der Waals surface area contributed by atoms with E-state index >= 15 is 0 Å². The van der Waals surface area contributed by atoms with E-state index in [1.165, 1.54) is 16.5 Å². The Balaban J connectivity index is 2.03. The van der Waals surface area contributed by atoms with Crippen LogP contribution in [0.4, 0.5) is 0 Å². The van der Waals surface area contributed by atoms with Crippen LogP contribution in [0.2, 0.25) is 0 Å². The fourth-order valence-electron chi connectivity index (χ4n) is 2.14. The summed E-state index contributed by atoms with van der Waals surface area (Å²) >= 11 is 0. The molecular weight excluding hydrogens is 208 g/mol. The van der Waals surface area contributed by atoms with Gasteiger partial charge < -0.3 is 10.3 Å². The van der Waals surface area contributed by atoms with Crippen molar-refractivity contribution in [2.24, 2.45) is 5.92 Å². The van der Waals surface area contributed by atoms with Gasteiger partial charge in [-0.1, -0.05) is 32.0 Å². The third kappa shape index (κ3) is 3.10. The van der Waals surface area contributed by atoms with Crippen molar-refractivity contribution in [3.8, 4) is 0 Å². The quantitative estimate of drug-likeness (QED) is 0.810. The lowest BCUT2D eigenvalue weighted by atomic mass is 10.1. The minimum Gasteiger partial charge on any atom is -0.361 e. The third-order valence-electron chi connectivity index (χ3n) is 3.08. The number of aromatic nitrogens is 1. The summed E-state index contributed by atoms with van der Waals surface area (Å²) in [5, 5.41) is 4.92. The molecule has 1 heterocycles. The lowest BCUT2D eigenvalue weighted by Gasteiger charge is -2.15. The van der Waals surface area contributed by atoms with Crippen LogP contribution in [0.1, 0.15) is 26.3 Å². The average molecular weight is 230 g/mol. The van der Waals surface area contributed by atoms with Gasteiger partial charge in [-0.2, -0.15) is 0 Å². The summed E-state index contributed by atoms with van der Waals surface area (Å²) in [6.07, 6.45) is 3.22. The van der Waals surface area contributed by atoms with Gasteiger partial charge in [0.2, 0.25) is 0 Å². The number of hydrogen-bond donors (Lipinski definition) is 2. The fraction of sp³-hybridized carbons (Fsp3) is 0.467. The number of H-pyrrole nitrogens is 1. The van der Waals surface area contributed by atoms with Gasteiger partial charge in [0.05, 0.1) is 0 Å². The second-order valence-electron chi connectivity index (χ2n) is 5.27. The predicted molar refractivity (Wildman–Crippen MR) is 74.3 cm³/mol. The number of benzene rings is 1. The van der Waals surface area contributed by atoms with Crippen molar-refractivity contribution >= 4 is 10.9 Å². The Morgan fingerprint density at radius 2 is 1.94 bits per heavy atom. The van der Waals surface area contributed by atoms with Gasteiger partial charge in [0.15, 0.2) is 0 Å². The lowest BCUT2D eigenvalue weighted by molar-refractivity contribution is 0.483. The Morgan fingerprint density at radius 3 is 2.71 bits per heavy atom. The SMILES string of the molecule is CC(C)CNC(C)Cc1c[nH]c2ccccc12. The van der Waals surface area contributed by atoms with Crippen LogP contribution in [0.5, 0.6) is 0 Å². The average Bonchev–Trinajstić information content (AvgIpc) is 2.70. The van der Waals surface area contributed by atoms with Gasteiger partial charge >= 0.3 is 0 Å². The maximum atomic E-state index is 3.57. The topological polar surface area (TPSA) is 27.8 Å². The molecule has 0 saturated heterocycles. The summed E-state index contributed by atoms with van der Waals surface area (Å²) in [7, 11) is 0. The van der Waals surface area contributed by atoms with Gasteiger partial charge in [0, 0.05) is 23.1 Å². The standard InChI is InChI=1S/C15H22N2/c1-11(2)9-16-12(3)8-13-10-17-15-7-5-4-6-14(13)15/h4-7,10-12,16-17H,8-9H2,1-3H3. The van der Waals surface area contributed by atoms with Crippen LogP contribution in [-0.4, -0.2) is 17.6 Å². The molecule has 17 heavy (non-hydrogen) atoms. The molecule has 1 atom stereocenters. The van der Waals surface area contributed by atoms with Crippen molar-refractivity contribution in [1.82, 2.24) is 10.3 Å². The number of rotatable bonds is 5. The molecular formula is C15H22N2. The van der Waals surface area contributed by atoms with Crippen molar-refractivity contribution in [2.75, 3.05) is 6.54 Å². The summed E-state index contributed by atoms with van der Waals surface area (Å²) in [5.41, 5.74) is 2.64. The number of hydrogen-bond acceptors (Lipinski definition) is 1. The molecule has 0 amide bonds. The smallest absolute Gasteiger partial charge is 0.0456 e. The van der Waals surface area contributed by atoms with E-state index in [2.05, 4.69) is 61.5 Å². The number of para-hydroxylation sites is 1. The molecule has 0 aliphatic heterocycles. The molecule has 2 heteroatoms. The molecule has 2 aromatic rings. The lowest BCUT2D eigenvalue weighted by Crippen LogP contribution is -2.31. The first-order valence-corrected chi connectivity index (χ1v) is 6.45. The zero-order chi connectivity index (χ0) is 12.3. The summed E-state index contributed by atoms with van der Waals surface area (Å²) in [6.45, 7) is 7.82. The van der Waals surface area contributed by atoms with E-state index in [9.17, 15) is 0 Å². The first kappa shape index (κ1) is 12.2. The molecule has 2 nitrogen and oxygen atoms in total. The van der Waals surface area contributed by atoms with Gasteiger partial charge in [-0.3, -0.25) is 0 Å². The first-order valence-electron chi connectivity index (χ1n) is 6.45. The van der Waals surface area contributed by atoms with Gasteiger partial charge in [0.25, 0.3) is 0 Å². The van der Waals surface area contributed by atoms with E-state index in [-0.39, 0.29) is 0 Å². The molecule has 92 valence electrons. The van der Waals surface area contributed by atoms with Crippen molar-refractivity contribution in [3.63, 3.8) is 0 Å². The highest BCUT2D eigenvalue weighted by molar-refractivity contribution is 5.83. The molecule has 0 fully saturated rings. The Bertz CT molecular complexity index is 470. The summed E-state index contributed by atoms with van der Waals surface area (Å²) < 4.78 is 0. The number of aromatic amines is 1. The molecule has 0 saturated carbocycles. The second kappa shape index (κ2) is 5.37. The highest BCUT2D eigenvalue weighted by Gasteiger charge is 2.08. The zero-order valence-corrected chi connectivity index (χ0v) is 11.0. The largest absolute Gasteiger partial charge is 0.361 e. The predicted octanol–water partition coefficient (Wildman–Crippen LogP) is 3.34.